The van der Waals surface area contributed by atoms with Crippen LogP contribution in [0.4, 0.5) is 5.69 Å². The first-order chi connectivity index (χ1) is 15.6. The van der Waals surface area contributed by atoms with Gasteiger partial charge in [0.1, 0.15) is 18.6 Å². The fraction of sp³-hybridized carbons (Fsp3) is 0.545. The first-order valence-electron chi connectivity index (χ1n) is 10.7. The molecule has 2 heterocycles. The van der Waals surface area contributed by atoms with Crippen molar-refractivity contribution in [2.75, 3.05) is 44.8 Å². The zero-order valence-electron chi connectivity index (χ0n) is 19.6. The van der Waals surface area contributed by atoms with Gasteiger partial charge in [0.2, 0.25) is 10.0 Å². The smallest absolute Gasteiger partial charge is 0.257 e. The number of amides is 1. The van der Waals surface area contributed by atoms with E-state index in [1.54, 1.807) is 37.5 Å². The lowest BCUT2D eigenvalue weighted by Crippen LogP contribution is -2.46. The van der Waals surface area contributed by atoms with Crippen molar-refractivity contribution in [3.63, 3.8) is 0 Å². The van der Waals surface area contributed by atoms with Gasteiger partial charge in [-0.05, 0) is 31.0 Å². The highest BCUT2D eigenvalue weighted by Crippen LogP contribution is 2.27. The summed E-state index contributed by atoms with van der Waals surface area (Å²) in [6.07, 6.45) is 3.90. The van der Waals surface area contributed by atoms with Crippen LogP contribution < -0.4 is 9.46 Å². The number of likely N-dealkylation sites (N-methyl/N-ethyl adjacent to an activating group) is 1. The average Bonchev–Trinajstić information content (AvgIpc) is 3.26. The van der Waals surface area contributed by atoms with Gasteiger partial charge in [0.05, 0.1) is 23.6 Å². The van der Waals surface area contributed by atoms with Crippen LogP contribution in [-0.4, -0.2) is 81.4 Å². The quantitative estimate of drug-likeness (QED) is 0.692. The number of fused-ring (bicyclic) bond motifs is 1. The summed E-state index contributed by atoms with van der Waals surface area (Å²) in [6, 6.07) is 4.70. The summed E-state index contributed by atoms with van der Waals surface area (Å²) in [7, 11) is -0.153. The molecule has 182 valence electrons. The molecule has 11 heteroatoms. The number of sulfonamides is 1. The highest BCUT2D eigenvalue weighted by Gasteiger charge is 2.29. The Balaban J connectivity index is 1.95. The number of hydrogen-bond donors (Lipinski definition) is 1. The number of methoxy groups -OCH3 is 1. The highest BCUT2D eigenvalue weighted by molar-refractivity contribution is 7.92. The molecular weight excluding hydrogens is 448 g/mol. The molecule has 1 aliphatic rings. The molecule has 3 atom stereocenters. The number of anilines is 1. The number of hydrogen-bond acceptors (Lipinski definition) is 8. The molecule has 10 nitrogen and oxygen atoms in total. The Kier molecular flexibility index (Phi) is 7.98. The van der Waals surface area contributed by atoms with Gasteiger partial charge in [-0.1, -0.05) is 6.92 Å². The summed E-state index contributed by atoms with van der Waals surface area (Å²) in [5, 5.41) is 0. The third-order valence-electron chi connectivity index (χ3n) is 5.73. The van der Waals surface area contributed by atoms with Gasteiger partial charge in [-0.15, -0.1) is 0 Å². The van der Waals surface area contributed by atoms with E-state index in [2.05, 4.69) is 21.5 Å². The van der Waals surface area contributed by atoms with Gasteiger partial charge in [-0.2, -0.15) is 0 Å². The van der Waals surface area contributed by atoms with Crippen LogP contribution in [0.5, 0.6) is 5.75 Å². The second kappa shape index (κ2) is 10.5. The number of benzene rings is 1. The summed E-state index contributed by atoms with van der Waals surface area (Å²) in [5.74, 6) is 0.225. The second-order valence-electron chi connectivity index (χ2n) is 8.59. The molecule has 0 radical (unpaired) electrons. The maximum absolute atomic E-state index is 13.3. The predicted octanol–water partition coefficient (Wildman–Crippen LogP) is 2.05. The first-order valence-corrected chi connectivity index (χ1v) is 12.6. The van der Waals surface area contributed by atoms with Gasteiger partial charge in [0.15, 0.2) is 6.39 Å². The topological polar surface area (TPSA) is 114 Å². The number of aromatic nitrogens is 1. The van der Waals surface area contributed by atoms with E-state index in [4.69, 9.17) is 13.9 Å². The fourth-order valence-corrected chi connectivity index (χ4v) is 4.43. The van der Waals surface area contributed by atoms with Crippen LogP contribution in [-0.2, 0) is 21.3 Å². The van der Waals surface area contributed by atoms with Crippen LogP contribution in [0.2, 0.25) is 0 Å². The zero-order chi connectivity index (χ0) is 24.2. The lowest BCUT2D eigenvalue weighted by atomic mass is 10.0. The van der Waals surface area contributed by atoms with Crippen molar-refractivity contribution in [1.29, 1.82) is 0 Å². The van der Waals surface area contributed by atoms with Crippen molar-refractivity contribution in [3.05, 3.63) is 42.1 Å². The minimum Gasteiger partial charge on any atom is -0.491 e. The van der Waals surface area contributed by atoms with Crippen LogP contribution in [0, 0.1) is 5.92 Å². The normalized spacial score (nSPS) is 23.2. The van der Waals surface area contributed by atoms with Crippen molar-refractivity contribution >= 4 is 21.6 Å². The first kappa shape index (κ1) is 25.0. The summed E-state index contributed by atoms with van der Waals surface area (Å²) in [5.41, 5.74) is 1.40. The average molecular weight is 481 g/mol. The van der Waals surface area contributed by atoms with E-state index in [1.165, 1.54) is 12.5 Å². The minimum atomic E-state index is -3.49. The van der Waals surface area contributed by atoms with Gasteiger partial charge in [0.25, 0.3) is 5.91 Å². The number of nitrogens with zero attached hydrogens (tertiary/aromatic N) is 3. The molecule has 0 saturated carbocycles. The monoisotopic (exact) mass is 480 g/mol. The Bertz CT molecular complexity index is 1040. The molecule has 1 aromatic heterocycles. The van der Waals surface area contributed by atoms with E-state index in [9.17, 15) is 13.2 Å². The van der Waals surface area contributed by atoms with Crippen LogP contribution in [0.15, 0.2) is 35.3 Å². The minimum absolute atomic E-state index is 0.00409. The molecule has 3 rings (SSSR count). The molecule has 0 aliphatic carbocycles. The molecule has 0 fully saturated rings. The zero-order valence-corrected chi connectivity index (χ0v) is 20.5. The Labute approximate surface area is 194 Å². The molecule has 0 saturated heterocycles. The summed E-state index contributed by atoms with van der Waals surface area (Å²) < 4.78 is 42.7. The van der Waals surface area contributed by atoms with Crippen LogP contribution in [0.3, 0.4) is 0 Å². The van der Waals surface area contributed by atoms with Crippen LogP contribution in [0.1, 0.15) is 29.9 Å². The van der Waals surface area contributed by atoms with E-state index in [-0.39, 0.29) is 29.5 Å². The molecule has 0 bridgehead atoms. The third kappa shape index (κ3) is 6.68. The summed E-state index contributed by atoms with van der Waals surface area (Å²) in [4.78, 5) is 21.3. The maximum Gasteiger partial charge on any atom is 0.257 e. The molecule has 0 unspecified atom stereocenters. The third-order valence-corrected chi connectivity index (χ3v) is 6.33. The molecule has 1 N–H and O–H groups in total. The second-order valence-corrected chi connectivity index (χ2v) is 10.3. The van der Waals surface area contributed by atoms with Crippen molar-refractivity contribution in [2.24, 2.45) is 5.92 Å². The molecule has 1 aliphatic heterocycles. The number of carbonyl (C=O) groups is 1. The van der Waals surface area contributed by atoms with Gasteiger partial charge in [-0.3, -0.25) is 14.4 Å². The number of carbonyl (C=O) groups excluding carboxylic acids is 1. The largest absolute Gasteiger partial charge is 0.491 e. The molecule has 0 spiro atoms. The Hall–Kier alpha value is -2.63. The van der Waals surface area contributed by atoms with Crippen molar-refractivity contribution < 1.29 is 27.1 Å². The molecule has 33 heavy (non-hydrogen) atoms. The maximum atomic E-state index is 13.3. The van der Waals surface area contributed by atoms with E-state index in [0.717, 1.165) is 11.9 Å². The van der Waals surface area contributed by atoms with E-state index >= 15 is 0 Å². The number of rotatable bonds is 5. The number of ether oxygens (including phenoxy) is 2. The molecular formula is C22H32N4O6S. The van der Waals surface area contributed by atoms with Gasteiger partial charge in [-0.25, -0.2) is 13.4 Å². The predicted molar refractivity (Wildman–Crippen MR) is 124 cm³/mol. The Morgan fingerprint density at radius 1 is 1.27 bits per heavy atom. The molecule has 1 aromatic carbocycles. The van der Waals surface area contributed by atoms with Crippen molar-refractivity contribution in [3.8, 4) is 5.75 Å². The lowest BCUT2D eigenvalue weighted by Gasteiger charge is -2.35. The Morgan fingerprint density at radius 2 is 2.03 bits per heavy atom. The van der Waals surface area contributed by atoms with E-state index in [0.29, 0.717) is 37.7 Å². The standard InChI is InChI=1S/C22H32N4O6S/c1-15-9-26(10-18-13-31-14-23-18)16(2)12-32-20-7-6-17(24-33(5,28)29)8-19(20)22(27)25(3)11-21(15)30-4/h6-8,13-16,21,24H,9-12H2,1-5H3/t15-,16+,21-/m1/s1. The van der Waals surface area contributed by atoms with Gasteiger partial charge in [0, 0.05) is 45.5 Å². The number of oxazole rings is 1. The van der Waals surface area contributed by atoms with Gasteiger partial charge >= 0.3 is 0 Å². The fourth-order valence-electron chi connectivity index (χ4n) is 3.87. The van der Waals surface area contributed by atoms with Crippen LogP contribution >= 0.6 is 0 Å². The van der Waals surface area contributed by atoms with Gasteiger partial charge < -0.3 is 18.8 Å². The summed E-state index contributed by atoms with van der Waals surface area (Å²) >= 11 is 0. The Morgan fingerprint density at radius 3 is 2.67 bits per heavy atom. The summed E-state index contributed by atoms with van der Waals surface area (Å²) in [6.45, 7) is 6.12. The lowest BCUT2D eigenvalue weighted by molar-refractivity contribution is 0.00900. The number of nitrogens with one attached hydrogen (secondary N) is 1. The highest BCUT2D eigenvalue weighted by atomic mass is 32.2. The van der Waals surface area contributed by atoms with Crippen LogP contribution in [0.25, 0.3) is 0 Å². The van der Waals surface area contributed by atoms with E-state index < -0.39 is 10.0 Å². The molecule has 1 amide bonds. The SMILES string of the molecule is CO[C@@H]1CN(C)C(=O)c2cc(NS(C)(=O)=O)ccc2OC[C@H](C)N(Cc2cocn2)C[C@H]1C. The van der Waals surface area contributed by atoms with Crippen molar-refractivity contribution in [1.82, 2.24) is 14.8 Å². The van der Waals surface area contributed by atoms with Crippen molar-refractivity contribution in [2.45, 2.75) is 32.5 Å². The molecule has 2 aromatic rings. The van der Waals surface area contributed by atoms with E-state index in [1.807, 2.05) is 6.92 Å².